The topological polar surface area (TPSA) is 34.9 Å². The van der Waals surface area contributed by atoms with Gasteiger partial charge in [-0.15, -0.1) is 0 Å². The van der Waals surface area contributed by atoms with Gasteiger partial charge >= 0.3 is 0 Å². The van der Waals surface area contributed by atoms with Crippen LogP contribution in [0.15, 0.2) is 18.2 Å². The Morgan fingerprint density at radius 3 is 2.88 bits per heavy atom. The average molecular weight is 228 g/mol. The number of aromatic nitrogens is 2. The fraction of sp³-hybridized carbons (Fsp3) is 0.429. The van der Waals surface area contributed by atoms with Gasteiger partial charge in [-0.05, 0) is 44.4 Å². The minimum absolute atomic E-state index is 0.197. The van der Waals surface area contributed by atoms with Crippen LogP contribution in [0.4, 0.5) is 0 Å². The highest BCUT2D eigenvalue weighted by atomic mass is 16.1. The molecule has 1 aliphatic rings. The molecular weight excluding hydrogens is 212 g/mol. The van der Waals surface area contributed by atoms with Crippen LogP contribution in [-0.4, -0.2) is 15.3 Å². The van der Waals surface area contributed by atoms with Gasteiger partial charge in [0.1, 0.15) is 11.6 Å². The molecule has 88 valence electrons. The summed E-state index contributed by atoms with van der Waals surface area (Å²) in [7, 11) is 0. The molecule has 3 nitrogen and oxygen atoms in total. The summed E-state index contributed by atoms with van der Waals surface area (Å²) in [5.74, 6) is 1.28. The van der Waals surface area contributed by atoms with Crippen LogP contribution in [0.1, 0.15) is 37.2 Å². The molecule has 0 atom stereocenters. The summed E-state index contributed by atoms with van der Waals surface area (Å²) in [6.07, 6.45) is 3.04. The number of aryl methyl sites for hydroxylation is 1. The molecule has 0 bridgehead atoms. The van der Waals surface area contributed by atoms with E-state index in [2.05, 4.69) is 22.5 Å². The molecule has 1 aromatic heterocycles. The van der Waals surface area contributed by atoms with Crippen LogP contribution in [0.3, 0.4) is 0 Å². The Labute approximate surface area is 100 Å². The number of Topliss-reactive ketones (excluding diaryl/α,β-unsaturated/α-hetero) is 1. The highest BCUT2D eigenvalue weighted by Crippen LogP contribution is 2.38. The summed E-state index contributed by atoms with van der Waals surface area (Å²) < 4.78 is 2.33. The maximum atomic E-state index is 11.1. The second-order valence-corrected chi connectivity index (χ2v) is 4.96. The van der Waals surface area contributed by atoms with Crippen LogP contribution < -0.4 is 0 Å². The minimum atomic E-state index is 0.197. The standard InChI is InChI=1S/C14H16N2O/c1-9(17)7-11-3-6-14-13(8-11)15-10(2)16(14)12-4-5-12/h3,6,8,12H,4-5,7H2,1-2H3. The van der Waals surface area contributed by atoms with E-state index in [0.29, 0.717) is 12.5 Å². The molecule has 1 aliphatic carbocycles. The van der Waals surface area contributed by atoms with Crippen LogP contribution >= 0.6 is 0 Å². The Kier molecular flexibility index (Phi) is 2.28. The molecule has 3 heteroatoms. The maximum absolute atomic E-state index is 11.1. The molecule has 0 radical (unpaired) electrons. The number of benzene rings is 1. The molecule has 3 rings (SSSR count). The van der Waals surface area contributed by atoms with Gasteiger partial charge in [-0.25, -0.2) is 4.98 Å². The normalized spacial score (nSPS) is 15.4. The Morgan fingerprint density at radius 2 is 2.24 bits per heavy atom. The lowest BCUT2D eigenvalue weighted by Gasteiger charge is -2.04. The number of nitrogens with zero attached hydrogens (tertiary/aromatic N) is 2. The Balaban J connectivity index is 2.08. The summed E-state index contributed by atoms with van der Waals surface area (Å²) in [6.45, 7) is 3.68. The summed E-state index contributed by atoms with van der Waals surface area (Å²) in [4.78, 5) is 15.7. The zero-order valence-electron chi connectivity index (χ0n) is 10.2. The first-order chi connectivity index (χ1) is 8.15. The molecule has 0 spiro atoms. The van der Waals surface area contributed by atoms with Crippen molar-refractivity contribution in [3.05, 3.63) is 29.6 Å². The third-order valence-corrected chi connectivity index (χ3v) is 3.30. The molecule has 0 saturated heterocycles. The number of imidazole rings is 1. The molecule has 1 aromatic carbocycles. The summed E-state index contributed by atoms with van der Waals surface area (Å²) in [5.41, 5.74) is 3.29. The van der Waals surface area contributed by atoms with Crippen molar-refractivity contribution >= 4 is 16.8 Å². The molecule has 1 saturated carbocycles. The molecule has 1 heterocycles. The van der Waals surface area contributed by atoms with Crippen molar-refractivity contribution in [3.63, 3.8) is 0 Å². The molecule has 0 N–H and O–H groups in total. The Bertz CT molecular complexity index is 594. The summed E-state index contributed by atoms with van der Waals surface area (Å²) in [5, 5.41) is 0. The van der Waals surface area contributed by atoms with E-state index in [1.807, 2.05) is 12.1 Å². The van der Waals surface area contributed by atoms with Crippen LogP contribution in [0, 0.1) is 6.92 Å². The summed E-state index contributed by atoms with van der Waals surface area (Å²) >= 11 is 0. The van der Waals surface area contributed by atoms with E-state index in [1.54, 1.807) is 6.92 Å². The van der Waals surface area contributed by atoms with Crippen molar-refractivity contribution in [1.29, 1.82) is 0 Å². The minimum Gasteiger partial charge on any atom is -0.325 e. The van der Waals surface area contributed by atoms with Crippen LogP contribution in [0.5, 0.6) is 0 Å². The van der Waals surface area contributed by atoms with Gasteiger partial charge in [0.25, 0.3) is 0 Å². The van der Waals surface area contributed by atoms with Gasteiger partial charge in [0.2, 0.25) is 0 Å². The van der Waals surface area contributed by atoms with E-state index in [1.165, 1.54) is 18.4 Å². The number of carbonyl (C=O) groups excluding carboxylic acids is 1. The van der Waals surface area contributed by atoms with Crippen molar-refractivity contribution in [2.45, 2.75) is 39.2 Å². The first-order valence-electron chi connectivity index (χ1n) is 6.12. The summed E-state index contributed by atoms with van der Waals surface area (Å²) in [6, 6.07) is 6.84. The van der Waals surface area contributed by atoms with E-state index in [4.69, 9.17) is 0 Å². The second-order valence-electron chi connectivity index (χ2n) is 4.96. The lowest BCUT2D eigenvalue weighted by molar-refractivity contribution is -0.116. The molecule has 2 aromatic rings. The highest BCUT2D eigenvalue weighted by molar-refractivity contribution is 5.82. The van der Waals surface area contributed by atoms with E-state index in [0.717, 1.165) is 16.9 Å². The number of fused-ring (bicyclic) bond motifs is 1. The number of hydrogen-bond acceptors (Lipinski definition) is 2. The van der Waals surface area contributed by atoms with E-state index in [-0.39, 0.29) is 5.78 Å². The zero-order valence-corrected chi connectivity index (χ0v) is 10.2. The van der Waals surface area contributed by atoms with Gasteiger partial charge in [-0.3, -0.25) is 4.79 Å². The van der Waals surface area contributed by atoms with E-state index in [9.17, 15) is 4.79 Å². The third kappa shape index (κ3) is 1.86. The van der Waals surface area contributed by atoms with Crippen LogP contribution in [-0.2, 0) is 11.2 Å². The highest BCUT2D eigenvalue weighted by Gasteiger charge is 2.26. The second kappa shape index (κ2) is 3.69. The quantitative estimate of drug-likeness (QED) is 0.809. The van der Waals surface area contributed by atoms with E-state index >= 15 is 0 Å². The SMILES string of the molecule is CC(=O)Cc1ccc2c(c1)nc(C)n2C1CC1. The number of carbonyl (C=O) groups is 1. The monoisotopic (exact) mass is 228 g/mol. The fourth-order valence-corrected chi connectivity index (χ4v) is 2.46. The predicted octanol–water partition coefficient (Wildman–Crippen LogP) is 2.81. The first-order valence-corrected chi connectivity index (χ1v) is 6.12. The first kappa shape index (κ1) is 10.5. The van der Waals surface area contributed by atoms with Gasteiger partial charge in [-0.2, -0.15) is 0 Å². The lowest BCUT2D eigenvalue weighted by atomic mass is 10.1. The molecule has 1 fully saturated rings. The largest absolute Gasteiger partial charge is 0.325 e. The van der Waals surface area contributed by atoms with E-state index < -0.39 is 0 Å². The molecular formula is C14H16N2O. The van der Waals surface area contributed by atoms with Gasteiger partial charge in [0.05, 0.1) is 11.0 Å². The lowest BCUT2D eigenvalue weighted by Crippen LogP contribution is -1.97. The maximum Gasteiger partial charge on any atom is 0.134 e. The average Bonchev–Trinajstić information content (AvgIpc) is 3.00. The molecule has 0 aliphatic heterocycles. The van der Waals surface area contributed by atoms with Crippen molar-refractivity contribution in [2.75, 3.05) is 0 Å². The third-order valence-electron chi connectivity index (χ3n) is 3.30. The Hall–Kier alpha value is -1.64. The van der Waals surface area contributed by atoms with Crippen molar-refractivity contribution in [1.82, 2.24) is 9.55 Å². The van der Waals surface area contributed by atoms with Crippen LogP contribution in [0.2, 0.25) is 0 Å². The van der Waals surface area contributed by atoms with Gasteiger partial charge in [0, 0.05) is 12.5 Å². The molecule has 0 unspecified atom stereocenters. The Morgan fingerprint density at radius 1 is 1.47 bits per heavy atom. The number of rotatable bonds is 3. The fourth-order valence-electron chi connectivity index (χ4n) is 2.46. The number of ketones is 1. The van der Waals surface area contributed by atoms with Gasteiger partial charge in [0.15, 0.2) is 0 Å². The van der Waals surface area contributed by atoms with Crippen molar-refractivity contribution in [3.8, 4) is 0 Å². The number of hydrogen-bond donors (Lipinski definition) is 0. The van der Waals surface area contributed by atoms with Gasteiger partial charge in [-0.1, -0.05) is 6.07 Å². The molecule has 17 heavy (non-hydrogen) atoms. The predicted molar refractivity (Wildman–Crippen MR) is 67.1 cm³/mol. The van der Waals surface area contributed by atoms with Crippen molar-refractivity contribution < 1.29 is 4.79 Å². The van der Waals surface area contributed by atoms with Gasteiger partial charge < -0.3 is 4.57 Å². The van der Waals surface area contributed by atoms with Crippen molar-refractivity contribution in [2.24, 2.45) is 0 Å². The molecule has 0 amide bonds. The van der Waals surface area contributed by atoms with Crippen LogP contribution in [0.25, 0.3) is 11.0 Å². The smallest absolute Gasteiger partial charge is 0.134 e. The zero-order chi connectivity index (χ0) is 12.0.